The Morgan fingerprint density at radius 1 is 0.826 bits per heavy atom. The molecule has 0 saturated heterocycles. The average molecular weight is 660 g/mol. The SMILES string of the molecule is CC[C@@H](C)NC(=O)[C@@H](Cc1ccccc1)N(Cc1cccc(Cl)c1)C(=O)CN(c1cc(C)ccc1C)S(=O)(=O)c1ccc(C)cc1. The molecule has 0 bridgehead atoms. The smallest absolute Gasteiger partial charge is 0.264 e. The van der Waals surface area contributed by atoms with Gasteiger partial charge in [-0.3, -0.25) is 13.9 Å². The molecule has 242 valence electrons. The second-order valence-electron chi connectivity index (χ2n) is 11.8. The molecular formula is C37H42ClN3O4S. The first-order valence-corrected chi connectivity index (χ1v) is 17.3. The van der Waals surface area contributed by atoms with Gasteiger partial charge in [0.05, 0.1) is 10.6 Å². The molecule has 0 aliphatic rings. The van der Waals surface area contributed by atoms with Crippen molar-refractivity contribution in [2.24, 2.45) is 0 Å². The Hall–Kier alpha value is -4.14. The molecule has 9 heteroatoms. The summed E-state index contributed by atoms with van der Waals surface area (Å²) < 4.78 is 29.8. The molecule has 0 unspecified atom stereocenters. The molecule has 0 aromatic heterocycles. The van der Waals surface area contributed by atoms with Crippen LogP contribution in [0.5, 0.6) is 0 Å². The molecule has 2 atom stereocenters. The first kappa shape index (κ1) is 34.7. The Morgan fingerprint density at radius 3 is 2.13 bits per heavy atom. The topological polar surface area (TPSA) is 86.8 Å². The van der Waals surface area contributed by atoms with Gasteiger partial charge >= 0.3 is 0 Å². The fourth-order valence-corrected chi connectivity index (χ4v) is 6.85. The molecule has 0 radical (unpaired) electrons. The second-order valence-corrected chi connectivity index (χ2v) is 14.1. The van der Waals surface area contributed by atoms with Gasteiger partial charge < -0.3 is 10.2 Å². The molecule has 0 aliphatic heterocycles. The van der Waals surface area contributed by atoms with Crippen molar-refractivity contribution in [2.75, 3.05) is 10.8 Å². The number of hydrogen-bond acceptors (Lipinski definition) is 4. The van der Waals surface area contributed by atoms with Gasteiger partial charge in [0.25, 0.3) is 10.0 Å². The maximum Gasteiger partial charge on any atom is 0.264 e. The van der Waals surface area contributed by atoms with Crippen LogP contribution in [0.25, 0.3) is 0 Å². The van der Waals surface area contributed by atoms with Gasteiger partial charge in [-0.25, -0.2) is 8.42 Å². The van der Waals surface area contributed by atoms with Gasteiger partial charge in [0.15, 0.2) is 0 Å². The fraction of sp³-hybridized carbons (Fsp3) is 0.297. The minimum Gasteiger partial charge on any atom is -0.352 e. The van der Waals surface area contributed by atoms with E-state index in [4.69, 9.17) is 11.6 Å². The van der Waals surface area contributed by atoms with Crippen molar-refractivity contribution in [3.05, 3.63) is 130 Å². The van der Waals surface area contributed by atoms with Crippen LogP contribution in [-0.4, -0.2) is 43.8 Å². The van der Waals surface area contributed by atoms with Crippen LogP contribution in [0.4, 0.5) is 5.69 Å². The van der Waals surface area contributed by atoms with E-state index in [1.165, 1.54) is 9.21 Å². The van der Waals surface area contributed by atoms with Crippen LogP contribution < -0.4 is 9.62 Å². The summed E-state index contributed by atoms with van der Waals surface area (Å²) in [6, 6.07) is 27.6. The second kappa shape index (κ2) is 15.4. The molecule has 1 N–H and O–H groups in total. The molecule has 0 heterocycles. The molecule has 4 aromatic rings. The van der Waals surface area contributed by atoms with E-state index in [9.17, 15) is 18.0 Å². The number of nitrogens with zero attached hydrogens (tertiary/aromatic N) is 2. The van der Waals surface area contributed by atoms with Gasteiger partial charge in [-0.2, -0.15) is 0 Å². The first-order chi connectivity index (χ1) is 21.9. The first-order valence-electron chi connectivity index (χ1n) is 15.4. The van der Waals surface area contributed by atoms with Crippen molar-refractivity contribution in [3.8, 4) is 0 Å². The minimum atomic E-state index is -4.18. The normalized spacial score (nSPS) is 12.7. The predicted octanol–water partition coefficient (Wildman–Crippen LogP) is 7.02. The molecule has 4 rings (SSSR count). The lowest BCUT2D eigenvalue weighted by atomic mass is 10.0. The third kappa shape index (κ3) is 8.77. The zero-order valence-corrected chi connectivity index (χ0v) is 28.6. The van der Waals surface area contributed by atoms with Crippen molar-refractivity contribution in [2.45, 2.75) is 71.0 Å². The van der Waals surface area contributed by atoms with Crippen LogP contribution in [0.2, 0.25) is 5.02 Å². The molecule has 46 heavy (non-hydrogen) atoms. The lowest BCUT2D eigenvalue weighted by Crippen LogP contribution is -2.54. The number of benzene rings is 4. The number of rotatable bonds is 13. The molecule has 0 aliphatic carbocycles. The van der Waals surface area contributed by atoms with Crippen molar-refractivity contribution >= 4 is 39.1 Å². The molecule has 7 nitrogen and oxygen atoms in total. The Morgan fingerprint density at radius 2 is 1.48 bits per heavy atom. The van der Waals surface area contributed by atoms with Gasteiger partial charge in [0.2, 0.25) is 11.8 Å². The molecule has 0 fully saturated rings. The Balaban J connectivity index is 1.84. The van der Waals surface area contributed by atoms with Gasteiger partial charge in [0, 0.05) is 24.0 Å². The third-order valence-electron chi connectivity index (χ3n) is 8.04. The Kier molecular flexibility index (Phi) is 11.7. The average Bonchev–Trinajstić information content (AvgIpc) is 3.03. The van der Waals surface area contributed by atoms with E-state index in [1.54, 1.807) is 48.5 Å². The van der Waals surface area contributed by atoms with Crippen molar-refractivity contribution < 1.29 is 18.0 Å². The lowest BCUT2D eigenvalue weighted by Gasteiger charge is -2.34. The fourth-order valence-electron chi connectivity index (χ4n) is 5.17. The van der Waals surface area contributed by atoms with Gasteiger partial charge in [-0.1, -0.05) is 90.8 Å². The standard InChI is InChI=1S/C37H42ClN3O4S/c1-6-29(5)39-37(43)35(23-30-11-8-7-9-12-30)40(24-31-13-10-14-32(38)22-31)36(42)25-41(34-21-27(3)15-18-28(34)4)46(44,45)33-19-16-26(2)17-20-33/h7-22,29,35H,6,23-25H2,1-5H3,(H,39,43)/t29-,35-/m1/s1. The maximum atomic E-state index is 14.6. The minimum absolute atomic E-state index is 0.0516. The number of anilines is 1. The molecule has 2 amide bonds. The summed E-state index contributed by atoms with van der Waals surface area (Å²) in [5.41, 5.74) is 4.45. The highest BCUT2D eigenvalue weighted by Crippen LogP contribution is 2.29. The highest BCUT2D eigenvalue weighted by Gasteiger charge is 2.35. The van der Waals surface area contributed by atoms with Crippen LogP contribution in [0.15, 0.2) is 102 Å². The third-order valence-corrected chi connectivity index (χ3v) is 10.0. The quantitative estimate of drug-likeness (QED) is 0.167. The lowest BCUT2D eigenvalue weighted by molar-refractivity contribution is -0.140. The van der Waals surface area contributed by atoms with Gasteiger partial charge in [-0.05, 0) is 86.7 Å². The van der Waals surface area contributed by atoms with Crippen LogP contribution in [0.1, 0.15) is 48.1 Å². The van der Waals surface area contributed by atoms with E-state index in [1.807, 2.05) is 83.1 Å². The summed E-state index contributed by atoms with van der Waals surface area (Å²) in [6.45, 7) is 9.01. The molecule has 0 saturated carbocycles. The van der Waals surface area contributed by atoms with Crippen molar-refractivity contribution in [3.63, 3.8) is 0 Å². The monoisotopic (exact) mass is 659 g/mol. The van der Waals surface area contributed by atoms with Crippen LogP contribution in [-0.2, 0) is 32.6 Å². The largest absolute Gasteiger partial charge is 0.352 e. The zero-order chi connectivity index (χ0) is 33.4. The van der Waals surface area contributed by atoms with Crippen molar-refractivity contribution in [1.29, 1.82) is 0 Å². The van der Waals surface area contributed by atoms with E-state index >= 15 is 0 Å². The number of amides is 2. The highest BCUT2D eigenvalue weighted by molar-refractivity contribution is 7.92. The van der Waals surface area contributed by atoms with Crippen LogP contribution in [0, 0.1) is 20.8 Å². The number of aryl methyl sites for hydroxylation is 3. The Labute approximate surface area is 278 Å². The van der Waals surface area contributed by atoms with Crippen LogP contribution >= 0.6 is 11.6 Å². The molecule has 4 aromatic carbocycles. The molecular weight excluding hydrogens is 618 g/mol. The summed E-state index contributed by atoms with van der Waals surface area (Å²) in [5.74, 6) is -0.829. The number of hydrogen-bond donors (Lipinski definition) is 1. The van der Waals surface area contributed by atoms with Crippen molar-refractivity contribution in [1.82, 2.24) is 10.2 Å². The Bertz CT molecular complexity index is 1760. The van der Waals surface area contributed by atoms with E-state index in [-0.39, 0.29) is 29.8 Å². The number of sulfonamides is 1. The zero-order valence-electron chi connectivity index (χ0n) is 27.0. The van der Waals surface area contributed by atoms with Gasteiger partial charge in [-0.15, -0.1) is 0 Å². The number of halogens is 1. The maximum absolute atomic E-state index is 14.6. The number of nitrogens with one attached hydrogen (secondary N) is 1. The number of carbonyl (C=O) groups is 2. The summed E-state index contributed by atoms with van der Waals surface area (Å²) >= 11 is 6.33. The van der Waals surface area contributed by atoms with E-state index in [0.717, 1.165) is 22.3 Å². The van der Waals surface area contributed by atoms with Crippen LogP contribution in [0.3, 0.4) is 0 Å². The van der Waals surface area contributed by atoms with E-state index < -0.39 is 28.5 Å². The summed E-state index contributed by atoms with van der Waals surface area (Å²) in [6.07, 6.45) is 0.949. The van der Waals surface area contributed by atoms with Gasteiger partial charge in [0.1, 0.15) is 12.6 Å². The summed E-state index contributed by atoms with van der Waals surface area (Å²) in [5, 5.41) is 3.55. The highest BCUT2D eigenvalue weighted by atomic mass is 35.5. The summed E-state index contributed by atoms with van der Waals surface area (Å²) in [4.78, 5) is 30.2. The predicted molar refractivity (Wildman–Crippen MR) is 185 cm³/mol. The van der Waals surface area contributed by atoms with E-state index in [2.05, 4.69) is 5.32 Å². The summed E-state index contributed by atoms with van der Waals surface area (Å²) in [7, 11) is -4.18. The molecule has 0 spiro atoms. The van der Waals surface area contributed by atoms with E-state index in [0.29, 0.717) is 22.7 Å². The number of carbonyl (C=O) groups excluding carboxylic acids is 2.